The number of rotatable bonds is 9. The zero-order valence-corrected chi connectivity index (χ0v) is 21.0. The molecule has 0 atom stereocenters. The molecular weight excluding hydrogens is 504 g/mol. The van der Waals surface area contributed by atoms with E-state index in [9.17, 15) is 17.2 Å². The predicted octanol–water partition coefficient (Wildman–Crippen LogP) is 6.15. The minimum atomic E-state index is -3.82. The molecule has 5 rings (SSSR count). The molecule has 6 nitrogen and oxygen atoms in total. The van der Waals surface area contributed by atoms with Crippen LogP contribution < -0.4 is 10.0 Å². The summed E-state index contributed by atoms with van der Waals surface area (Å²) in [7, 11) is -3.82. The van der Waals surface area contributed by atoms with Gasteiger partial charge in [0.25, 0.3) is 10.0 Å². The summed E-state index contributed by atoms with van der Waals surface area (Å²) in [6.07, 6.45) is 1.49. The van der Waals surface area contributed by atoms with Gasteiger partial charge in [-0.15, -0.1) is 11.3 Å². The van der Waals surface area contributed by atoms with E-state index in [2.05, 4.69) is 15.2 Å². The van der Waals surface area contributed by atoms with Crippen LogP contribution >= 0.6 is 11.3 Å². The molecule has 0 spiro atoms. The minimum Gasteiger partial charge on any atom is -0.356 e. The zero-order valence-electron chi connectivity index (χ0n) is 19.3. The second-order valence-corrected chi connectivity index (χ2v) is 11.4. The van der Waals surface area contributed by atoms with Crippen LogP contribution in [0.25, 0.3) is 21.1 Å². The first-order chi connectivity index (χ1) is 17.3. The number of hydrogen-bond donors (Lipinski definition) is 2. The summed E-state index contributed by atoms with van der Waals surface area (Å²) >= 11 is 1.12. The van der Waals surface area contributed by atoms with Crippen molar-refractivity contribution in [1.29, 1.82) is 0 Å². The van der Waals surface area contributed by atoms with Crippen molar-refractivity contribution in [3.05, 3.63) is 89.1 Å². The number of aryl methyl sites for hydroxylation is 2. The molecule has 0 aliphatic heterocycles. The number of nitrogens with one attached hydrogen (secondary N) is 2. The highest BCUT2D eigenvalue weighted by atomic mass is 32.2. The standard InChI is InChI=1S/C26H23F2N3O3S2/c1-16-22-13-18(27)8-10-25(22)35-26(16)36(32,33)31-20-5-2-4-17(12-20)15-29-11-3-6-23-21-9-7-19(28)14-24(21)34-30-23/h2,4-5,7-10,12-14,29,31H,3,6,11,15H2,1H3. The SMILES string of the molecule is Cc1c(S(=O)(=O)Nc2cccc(CNCCCc3noc4cc(F)ccc34)c2)sc2ccc(F)cc12. The third-order valence-electron chi connectivity index (χ3n) is 5.88. The summed E-state index contributed by atoms with van der Waals surface area (Å²) in [5, 5.41) is 8.80. The second kappa shape index (κ2) is 9.96. The van der Waals surface area contributed by atoms with Gasteiger partial charge in [0, 0.05) is 28.4 Å². The van der Waals surface area contributed by atoms with Crippen LogP contribution in [-0.4, -0.2) is 20.1 Å². The monoisotopic (exact) mass is 527 g/mol. The lowest BCUT2D eigenvalue weighted by Crippen LogP contribution is -2.16. The number of hydrogen-bond acceptors (Lipinski definition) is 6. The number of nitrogens with zero attached hydrogens (tertiary/aromatic N) is 1. The van der Waals surface area contributed by atoms with E-state index in [4.69, 9.17) is 4.52 Å². The average Bonchev–Trinajstić information content (AvgIpc) is 3.39. The van der Waals surface area contributed by atoms with Crippen LogP contribution in [0.2, 0.25) is 0 Å². The van der Waals surface area contributed by atoms with Gasteiger partial charge in [0.15, 0.2) is 5.58 Å². The third-order valence-corrected chi connectivity index (χ3v) is 9.16. The minimum absolute atomic E-state index is 0.176. The number of sulfonamides is 1. The van der Waals surface area contributed by atoms with Gasteiger partial charge in [0.2, 0.25) is 0 Å². The van der Waals surface area contributed by atoms with E-state index >= 15 is 0 Å². The summed E-state index contributed by atoms with van der Waals surface area (Å²) in [6, 6.07) is 15.9. The second-order valence-electron chi connectivity index (χ2n) is 8.51. The molecule has 0 amide bonds. The van der Waals surface area contributed by atoms with Crippen LogP contribution in [0.5, 0.6) is 0 Å². The lowest BCUT2D eigenvalue weighted by Gasteiger charge is -2.10. The van der Waals surface area contributed by atoms with Crippen LogP contribution in [0, 0.1) is 18.6 Å². The Morgan fingerprint density at radius 3 is 2.67 bits per heavy atom. The normalized spacial score (nSPS) is 12.0. The fourth-order valence-electron chi connectivity index (χ4n) is 4.13. The van der Waals surface area contributed by atoms with Gasteiger partial charge >= 0.3 is 0 Å². The number of benzene rings is 3. The van der Waals surface area contributed by atoms with Crippen molar-refractivity contribution in [1.82, 2.24) is 10.5 Å². The van der Waals surface area contributed by atoms with Gasteiger partial charge in [-0.1, -0.05) is 17.3 Å². The summed E-state index contributed by atoms with van der Waals surface area (Å²) in [4.78, 5) is 0. The van der Waals surface area contributed by atoms with Crippen molar-refractivity contribution in [3.63, 3.8) is 0 Å². The molecule has 2 N–H and O–H groups in total. The van der Waals surface area contributed by atoms with Crippen molar-refractivity contribution in [2.75, 3.05) is 11.3 Å². The fourth-order valence-corrected chi connectivity index (χ4v) is 6.93. The number of aromatic nitrogens is 1. The van der Waals surface area contributed by atoms with E-state index in [0.717, 1.165) is 39.1 Å². The van der Waals surface area contributed by atoms with Gasteiger partial charge in [-0.25, -0.2) is 17.2 Å². The fraction of sp³-hybridized carbons (Fsp3) is 0.192. The van der Waals surface area contributed by atoms with E-state index in [1.807, 2.05) is 6.07 Å². The largest absolute Gasteiger partial charge is 0.356 e. The number of anilines is 1. The quantitative estimate of drug-likeness (QED) is 0.225. The Morgan fingerprint density at radius 2 is 1.81 bits per heavy atom. The molecule has 0 aliphatic carbocycles. The van der Waals surface area contributed by atoms with E-state index in [-0.39, 0.29) is 10.0 Å². The Kier molecular flexibility index (Phi) is 6.74. The van der Waals surface area contributed by atoms with Crippen LogP contribution in [0.1, 0.15) is 23.2 Å². The Hall–Kier alpha value is -3.34. The van der Waals surface area contributed by atoms with Crippen LogP contribution in [-0.2, 0) is 23.0 Å². The maximum Gasteiger partial charge on any atom is 0.271 e. The number of fused-ring (bicyclic) bond motifs is 2. The van der Waals surface area contributed by atoms with E-state index in [1.165, 1.54) is 24.3 Å². The first-order valence-electron chi connectivity index (χ1n) is 11.3. The first kappa shape index (κ1) is 24.4. The maximum absolute atomic E-state index is 13.6. The lowest BCUT2D eigenvalue weighted by molar-refractivity contribution is 0.442. The molecule has 36 heavy (non-hydrogen) atoms. The smallest absolute Gasteiger partial charge is 0.271 e. The Balaban J connectivity index is 1.18. The highest BCUT2D eigenvalue weighted by Crippen LogP contribution is 2.35. The van der Waals surface area contributed by atoms with Crippen molar-refractivity contribution < 1.29 is 21.7 Å². The molecule has 0 radical (unpaired) electrons. The van der Waals surface area contributed by atoms with Crippen LogP contribution in [0.15, 0.2) is 69.4 Å². The third kappa shape index (κ3) is 5.11. The molecule has 0 bridgehead atoms. The van der Waals surface area contributed by atoms with Gasteiger partial charge in [-0.05, 0) is 85.3 Å². The van der Waals surface area contributed by atoms with Crippen LogP contribution in [0.3, 0.4) is 0 Å². The van der Waals surface area contributed by atoms with Crippen LogP contribution in [0.4, 0.5) is 14.5 Å². The predicted molar refractivity (Wildman–Crippen MR) is 138 cm³/mol. The molecule has 5 aromatic rings. The summed E-state index contributed by atoms with van der Waals surface area (Å²) in [5.41, 5.74) is 3.15. The molecule has 3 aromatic carbocycles. The first-order valence-corrected chi connectivity index (χ1v) is 13.6. The molecule has 10 heteroatoms. The van der Waals surface area contributed by atoms with Crippen molar-refractivity contribution >= 4 is 48.1 Å². The molecule has 0 unspecified atom stereocenters. The van der Waals surface area contributed by atoms with E-state index < -0.39 is 15.8 Å². The van der Waals surface area contributed by atoms with Crippen molar-refractivity contribution in [2.24, 2.45) is 0 Å². The lowest BCUT2D eigenvalue weighted by atomic mass is 10.1. The van der Waals surface area contributed by atoms with E-state index in [1.54, 1.807) is 37.3 Å². The molecule has 2 heterocycles. The highest BCUT2D eigenvalue weighted by Gasteiger charge is 2.22. The molecule has 186 valence electrons. The van der Waals surface area contributed by atoms with Gasteiger partial charge in [-0.3, -0.25) is 4.72 Å². The highest BCUT2D eigenvalue weighted by molar-refractivity contribution is 7.94. The molecular formula is C26H23F2N3O3S2. The van der Waals surface area contributed by atoms with E-state index in [0.29, 0.717) is 41.7 Å². The van der Waals surface area contributed by atoms with Crippen molar-refractivity contribution in [2.45, 2.75) is 30.5 Å². The Labute approximate surface area is 211 Å². The summed E-state index contributed by atoms with van der Waals surface area (Å²) in [6.45, 7) is 2.96. The summed E-state index contributed by atoms with van der Waals surface area (Å²) < 4.78 is 61.8. The van der Waals surface area contributed by atoms with Gasteiger partial charge < -0.3 is 9.84 Å². The topological polar surface area (TPSA) is 84.2 Å². The van der Waals surface area contributed by atoms with Gasteiger partial charge in [0.1, 0.15) is 15.8 Å². The van der Waals surface area contributed by atoms with Gasteiger partial charge in [-0.2, -0.15) is 0 Å². The maximum atomic E-state index is 13.6. The molecule has 2 aromatic heterocycles. The molecule has 0 fully saturated rings. The number of halogens is 2. The van der Waals surface area contributed by atoms with Crippen molar-refractivity contribution in [3.8, 4) is 0 Å². The number of thiophene rings is 1. The Bertz CT molecular complexity index is 1660. The summed E-state index contributed by atoms with van der Waals surface area (Å²) in [5.74, 6) is -0.754. The molecule has 0 aliphatic rings. The van der Waals surface area contributed by atoms with Gasteiger partial charge in [0.05, 0.1) is 5.69 Å². The molecule has 0 saturated heterocycles. The average molecular weight is 528 g/mol. The molecule has 0 saturated carbocycles. The zero-order chi connectivity index (χ0) is 25.3. The Morgan fingerprint density at radius 1 is 1.00 bits per heavy atom.